The number of hydrogen-bond acceptors (Lipinski definition) is 4. The van der Waals surface area contributed by atoms with Crippen LogP contribution in [0.5, 0.6) is 11.5 Å². The number of carbonyl (C=O) groups is 1. The van der Waals surface area contributed by atoms with Crippen molar-refractivity contribution in [2.75, 3.05) is 13.1 Å². The van der Waals surface area contributed by atoms with E-state index in [0.29, 0.717) is 23.6 Å². The van der Waals surface area contributed by atoms with Crippen LogP contribution in [0.4, 0.5) is 0 Å². The number of nitrogens with one attached hydrogen (secondary N) is 1. The second-order valence-corrected chi connectivity index (χ2v) is 7.01. The highest BCUT2D eigenvalue weighted by atomic mass is 32.1. The zero-order valence-corrected chi connectivity index (χ0v) is 13.5. The Morgan fingerprint density at radius 1 is 1.26 bits per heavy atom. The number of phenols is 1. The minimum atomic E-state index is -0.105. The molecule has 1 saturated heterocycles. The predicted molar refractivity (Wildman–Crippen MR) is 89.0 cm³/mol. The maximum atomic E-state index is 12.5. The van der Waals surface area contributed by atoms with Gasteiger partial charge in [0.1, 0.15) is 12.3 Å². The summed E-state index contributed by atoms with van der Waals surface area (Å²) < 4.78 is 5.86. The lowest BCUT2D eigenvalue weighted by Gasteiger charge is -2.15. The van der Waals surface area contributed by atoms with Crippen molar-refractivity contribution in [3.05, 3.63) is 51.4 Å². The van der Waals surface area contributed by atoms with E-state index in [4.69, 9.17) is 4.74 Å². The second kappa shape index (κ2) is 5.83. The predicted octanol–water partition coefficient (Wildman–Crippen LogP) is 2.25. The van der Waals surface area contributed by atoms with Gasteiger partial charge < -0.3 is 14.7 Å². The zero-order valence-electron chi connectivity index (χ0n) is 12.7. The number of thiophene rings is 1. The van der Waals surface area contributed by atoms with Crippen LogP contribution < -0.4 is 9.64 Å². The second-order valence-electron chi connectivity index (χ2n) is 6.03. The largest absolute Gasteiger partial charge is 0.507 e. The number of hydrogen-bond donors (Lipinski definition) is 2. The van der Waals surface area contributed by atoms with E-state index < -0.39 is 0 Å². The van der Waals surface area contributed by atoms with E-state index in [2.05, 4.69) is 0 Å². The number of benzene rings is 1. The fraction of sp³-hybridized carbons (Fsp3) is 0.278. The van der Waals surface area contributed by atoms with Crippen LogP contribution in [0.15, 0.2) is 35.4 Å². The third kappa shape index (κ3) is 2.66. The quantitative estimate of drug-likeness (QED) is 0.850. The molecule has 0 unspecified atom stereocenters. The molecule has 2 aliphatic heterocycles. The van der Waals surface area contributed by atoms with E-state index >= 15 is 0 Å². The van der Waals surface area contributed by atoms with E-state index in [9.17, 15) is 9.90 Å². The first kappa shape index (κ1) is 14.5. The number of ketones is 1. The number of fused-ring (bicyclic) bond motifs is 1. The monoisotopic (exact) mass is 328 g/mol. The fourth-order valence-electron chi connectivity index (χ4n) is 3.27. The van der Waals surface area contributed by atoms with Crippen molar-refractivity contribution >= 4 is 23.2 Å². The van der Waals surface area contributed by atoms with Gasteiger partial charge in [-0.3, -0.25) is 4.79 Å². The van der Waals surface area contributed by atoms with Crippen LogP contribution in [0, 0.1) is 0 Å². The van der Waals surface area contributed by atoms with Gasteiger partial charge in [-0.15, -0.1) is 11.3 Å². The van der Waals surface area contributed by atoms with Crippen LogP contribution in [0.2, 0.25) is 0 Å². The maximum absolute atomic E-state index is 12.5. The number of aromatic hydroxyl groups is 1. The first-order chi connectivity index (χ1) is 11.2. The highest BCUT2D eigenvalue weighted by molar-refractivity contribution is 7.10. The van der Waals surface area contributed by atoms with Gasteiger partial charge >= 0.3 is 0 Å². The number of allylic oxidation sites excluding steroid dienone is 1. The van der Waals surface area contributed by atoms with Gasteiger partial charge in [0.05, 0.1) is 24.2 Å². The van der Waals surface area contributed by atoms with Gasteiger partial charge in [-0.1, -0.05) is 6.07 Å². The molecule has 5 heteroatoms. The molecule has 0 saturated carbocycles. The Morgan fingerprint density at radius 2 is 2.09 bits per heavy atom. The van der Waals surface area contributed by atoms with Gasteiger partial charge in [-0.25, -0.2) is 0 Å². The molecule has 0 spiro atoms. The summed E-state index contributed by atoms with van der Waals surface area (Å²) in [7, 11) is 0. The summed E-state index contributed by atoms with van der Waals surface area (Å²) in [5.41, 5.74) is 1.31. The molecule has 23 heavy (non-hydrogen) atoms. The highest BCUT2D eigenvalue weighted by Crippen LogP contribution is 2.39. The molecule has 0 bridgehead atoms. The average Bonchev–Trinajstić information content (AvgIpc) is 3.27. The van der Waals surface area contributed by atoms with Crippen LogP contribution in [-0.2, 0) is 6.54 Å². The van der Waals surface area contributed by atoms with Gasteiger partial charge in [0.2, 0.25) is 5.78 Å². The highest BCUT2D eigenvalue weighted by Gasteiger charge is 2.33. The minimum Gasteiger partial charge on any atom is -0.507 e. The van der Waals surface area contributed by atoms with E-state index in [1.165, 1.54) is 17.7 Å². The summed E-state index contributed by atoms with van der Waals surface area (Å²) >= 11 is 1.56. The van der Waals surface area contributed by atoms with Crippen LogP contribution in [0.1, 0.15) is 33.6 Å². The SMILES string of the molecule is O=C1/C(=C\c2cccs2)Oc2c1ccc(O)c2C[NH+]1CCCC1. The Labute approximate surface area is 138 Å². The lowest BCUT2D eigenvalue weighted by Crippen LogP contribution is -3.08. The molecular weight excluding hydrogens is 310 g/mol. The Kier molecular flexibility index (Phi) is 3.67. The van der Waals surface area contributed by atoms with Crippen LogP contribution >= 0.6 is 11.3 Å². The third-order valence-electron chi connectivity index (χ3n) is 4.47. The number of quaternary nitrogens is 1. The number of carbonyl (C=O) groups excluding carboxylic acids is 1. The third-order valence-corrected chi connectivity index (χ3v) is 5.29. The van der Waals surface area contributed by atoms with E-state index in [0.717, 1.165) is 23.5 Å². The maximum Gasteiger partial charge on any atom is 0.232 e. The summed E-state index contributed by atoms with van der Waals surface area (Å²) in [6.45, 7) is 2.92. The van der Waals surface area contributed by atoms with Crippen LogP contribution in [0.25, 0.3) is 6.08 Å². The Balaban J connectivity index is 1.69. The number of likely N-dealkylation sites (tertiary alicyclic amines) is 1. The minimum absolute atomic E-state index is 0.105. The van der Waals surface area contributed by atoms with Gasteiger partial charge in [-0.2, -0.15) is 0 Å². The molecule has 4 nitrogen and oxygen atoms in total. The molecule has 2 aromatic rings. The summed E-state index contributed by atoms with van der Waals surface area (Å²) in [5, 5.41) is 12.2. The first-order valence-corrected chi connectivity index (χ1v) is 8.76. The van der Waals surface area contributed by atoms with Gasteiger partial charge in [0.25, 0.3) is 0 Å². The van der Waals surface area contributed by atoms with Crippen molar-refractivity contribution in [3.8, 4) is 11.5 Å². The molecule has 0 amide bonds. The van der Waals surface area contributed by atoms with Crippen molar-refractivity contribution in [1.29, 1.82) is 0 Å². The molecule has 1 aromatic heterocycles. The van der Waals surface area contributed by atoms with Crippen LogP contribution in [-0.4, -0.2) is 24.0 Å². The molecule has 118 valence electrons. The number of rotatable bonds is 3. The smallest absolute Gasteiger partial charge is 0.232 e. The molecule has 1 fully saturated rings. The normalized spacial score (nSPS) is 19.3. The molecule has 4 rings (SSSR count). The van der Waals surface area contributed by atoms with E-state index in [1.54, 1.807) is 29.5 Å². The topological polar surface area (TPSA) is 51.0 Å². The standard InChI is InChI=1S/C18H17NO3S/c20-15-6-5-13-17(21)16(10-12-4-3-9-23-12)22-18(13)14(15)11-19-7-1-2-8-19/h3-6,9-10,20H,1-2,7-8,11H2/p+1/b16-10+. The Morgan fingerprint density at radius 3 is 2.83 bits per heavy atom. The number of ether oxygens (including phenoxy) is 1. The van der Waals surface area contributed by atoms with Crippen molar-refractivity contribution < 1.29 is 19.5 Å². The van der Waals surface area contributed by atoms with Crippen molar-refractivity contribution in [1.82, 2.24) is 0 Å². The Hall–Kier alpha value is -2.11. The molecule has 0 radical (unpaired) electrons. The molecular formula is C18H18NO3S+. The van der Waals surface area contributed by atoms with Gasteiger partial charge in [0, 0.05) is 23.8 Å². The molecule has 2 N–H and O–H groups in total. The lowest BCUT2D eigenvalue weighted by atomic mass is 10.0. The molecule has 3 heterocycles. The van der Waals surface area contributed by atoms with E-state index in [1.807, 2.05) is 17.5 Å². The number of Topliss-reactive ketones (excluding diaryl/α,β-unsaturated/α-hetero) is 1. The lowest BCUT2D eigenvalue weighted by molar-refractivity contribution is -0.901. The molecule has 2 aliphatic rings. The molecule has 1 aromatic carbocycles. The van der Waals surface area contributed by atoms with Gasteiger partial charge in [0.15, 0.2) is 11.5 Å². The Bertz CT molecular complexity index is 774. The first-order valence-electron chi connectivity index (χ1n) is 7.88. The summed E-state index contributed by atoms with van der Waals surface area (Å²) in [5.74, 6) is 0.988. The van der Waals surface area contributed by atoms with Gasteiger partial charge in [-0.05, 0) is 23.6 Å². The van der Waals surface area contributed by atoms with Crippen LogP contribution in [0.3, 0.4) is 0 Å². The fourth-order valence-corrected chi connectivity index (χ4v) is 3.92. The van der Waals surface area contributed by atoms with Crippen molar-refractivity contribution in [2.45, 2.75) is 19.4 Å². The van der Waals surface area contributed by atoms with E-state index in [-0.39, 0.29) is 11.5 Å². The zero-order chi connectivity index (χ0) is 15.8. The summed E-state index contributed by atoms with van der Waals surface area (Å²) in [6, 6.07) is 7.16. The summed E-state index contributed by atoms with van der Waals surface area (Å²) in [6.07, 6.45) is 4.21. The van der Waals surface area contributed by atoms with Crippen molar-refractivity contribution in [3.63, 3.8) is 0 Å². The number of phenolic OH excluding ortho intramolecular Hbond substituents is 1. The average molecular weight is 328 g/mol. The van der Waals surface area contributed by atoms with Crippen molar-refractivity contribution in [2.24, 2.45) is 0 Å². The summed E-state index contributed by atoms with van der Waals surface area (Å²) in [4.78, 5) is 15.0. The molecule has 0 atom stereocenters. The molecule has 0 aliphatic carbocycles.